The summed E-state index contributed by atoms with van der Waals surface area (Å²) in [4.78, 5) is 14.6. The van der Waals surface area contributed by atoms with Gasteiger partial charge in [0, 0.05) is 6.21 Å². The second-order valence-electron chi connectivity index (χ2n) is 1.56. The average molecular weight is 143 g/mol. The number of aliphatic hydroxyl groups is 1. The Bertz CT molecular complexity index is 168. The van der Waals surface area contributed by atoms with Crippen molar-refractivity contribution in [1.82, 2.24) is 0 Å². The molecule has 0 atom stereocenters. The van der Waals surface area contributed by atoms with Crippen LogP contribution < -0.4 is 0 Å². The zero-order valence-electron chi connectivity index (χ0n) is 5.87. The smallest absolute Gasteiger partial charge is 0.361 e. The van der Waals surface area contributed by atoms with Crippen molar-refractivity contribution in [2.75, 3.05) is 0 Å². The molecule has 0 aliphatic rings. The molecule has 0 rings (SSSR count). The third kappa shape index (κ3) is 4.83. The fourth-order valence-electron chi connectivity index (χ4n) is 0.302. The fraction of sp³-hybridized carbons (Fsp3) is 0.333. The molecule has 0 aliphatic heterocycles. The minimum Gasteiger partial charge on any atom is -0.512 e. The molecule has 0 spiro atoms. The summed E-state index contributed by atoms with van der Waals surface area (Å²) in [7, 11) is 0. The molecular weight excluding hydrogens is 134 g/mol. The van der Waals surface area contributed by atoms with Crippen molar-refractivity contribution in [3.63, 3.8) is 0 Å². The van der Waals surface area contributed by atoms with Gasteiger partial charge in [-0.25, -0.2) is 4.79 Å². The van der Waals surface area contributed by atoms with Gasteiger partial charge in [0.1, 0.15) is 0 Å². The van der Waals surface area contributed by atoms with Crippen LogP contribution >= 0.6 is 0 Å². The Hall–Kier alpha value is -1.32. The SMILES string of the molecule is C/C=N/OC(=O)/C=C(/C)O. The summed E-state index contributed by atoms with van der Waals surface area (Å²) in [5.41, 5.74) is 0. The van der Waals surface area contributed by atoms with E-state index in [1.807, 2.05) is 0 Å². The molecule has 0 aliphatic carbocycles. The largest absolute Gasteiger partial charge is 0.512 e. The minimum absolute atomic E-state index is 0.101. The average Bonchev–Trinajstić information content (AvgIpc) is 1.82. The van der Waals surface area contributed by atoms with Crippen LogP contribution in [0.25, 0.3) is 0 Å². The molecule has 0 aromatic carbocycles. The number of aliphatic hydroxyl groups excluding tert-OH is 1. The molecule has 0 aromatic heterocycles. The van der Waals surface area contributed by atoms with Gasteiger partial charge in [-0.3, -0.25) is 0 Å². The summed E-state index contributed by atoms with van der Waals surface area (Å²) in [5, 5.41) is 11.7. The molecular formula is C6H9NO3. The maximum absolute atomic E-state index is 10.4. The number of hydrogen-bond donors (Lipinski definition) is 1. The summed E-state index contributed by atoms with van der Waals surface area (Å²) >= 11 is 0. The van der Waals surface area contributed by atoms with E-state index in [9.17, 15) is 4.79 Å². The quantitative estimate of drug-likeness (QED) is 0.206. The van der Waals surface area contributed by atoms with Crippen molar-refractivity contribution in [3.05, 3.63) is 11.8 Å². The first kappa shape index (κ1) is 8.68. The maximum Gasteiger partial charge on any atom is 0.361 e. The Balaban J connectivity index is 3.76. The predicted molar refractivity (Wildman–Crippen MR) is 36.6 cm³/mol. The van der Waals surface area contributed by atoms with Crippen LogP contribution in [0.2, 0.25) is 0 Å². The summed E-state index contributed by atoms with van der Waals surface area (Å²) in [5.74, 6) is -0.783. The van der Waals surface area contributed by atoms with Gasteiger partial charge in [0.15, 0.2) is 0 Å². The number of rotatable bonds is 2. The van der Waals surface area contributed by atoms with Crippen molar-refractivity contribution >= 4 is 12.2 Å². The lowest BCUT2D eigenvalue weighted by Gasteiger charge is -1.88. The first-order valence-corrected chi connectivity index (χ1v) is 2.73. The topological polar surface area (TPSA) is 58.9 Å². The molecule has 0 radical (unpaired) electrons. The third-order valence-corrected chi connectivity index (χ3v) is 0.575. The van der Waals surface area contributed by atoms with Gasteiger partial charge < -0.3 is 9.94 Å². The maximum atomic E-state index is 10.4. The Morgan fingerprint density at radius 2 is 2.30 bits per heavy atom. The highest BCUT2D eigenvalue weighted by molar-refractivity contribution is 5.82. The van der Waals surface area contributed by atoms with Crippen LogP contribution in [-0.4, -0.2) is 17.3 Å². The Labute approximate surface area is 58.8 Å². The Morgan fingerprint density at radius 3 is 2.70 bits per heavy atom. The van der Waals surface area contributed by atoms with E-state index in [-0.39, 0.29) is 5.76 Å². The molecule has 0 saturated heterocycles. The molecule has 0 aromatic rings. The number of hydrogen-bond acceptors (Lipinski definition) is 4. The van der Waals surface area contributed by atoms with Crippen LogP contribution in [0.5, 0.6) is 0 Å². The van der Waals surface area contributed by atoms with Crippen molar-refractivity contribution in [2.45, 2.75) is 13.8 Å². The second kappa shape index (κ2) is 4.55. The van der Waals surface area contributed by atoms with Gasteiger partial charge in [-0.2, -0.15) is 0 Å². The molecule has 1 N–H and O–H groups in total. The van der Waals surface area contributed by atoms with Crippen LogP contribution in [0.1, 0.15) is 13.8 Å². The molecule has 0 amide bonds. The van der Waals surface area contributed by atoms with E-state index in [1.54, 1.807) is 6.92 Å². The molecule has 4 nitrogen and oxygen atoms in total. The van der Waals surface area contributed by atoms with E-state index in [2.05, 4.69) is 9.99 Å². The highest BCUT2D eigenvalue weighted by Crippen LogP contribution is 1.87. The normalized spacial score (nSPS) is 12.0. The molecule has 0 bridgehead atoms. The molecule has 0 fully saturated rings. The van der Waals surface area contributed by atoms with Crippen LogP contribution in [-0.2, 0) is 9.63 Å². The van der Waals surface area contributed by atoms with Crippen molar-refractivity contribution in [3.8, 4) is 0 Å². The highest BCUT2D eigenvalue weighted by atomic mass is 16.7. The number of allylic oxidation sites excluding steroid dienone is 1. The predicted octanol–water partition coefficient (Wildman–Crippen LogP) is 0.997. The van der Waals surface area contributed by atoms with Crippen LogP contribution in [0.3, 0.4) is 0 Å². The molecule has 0 heterocycles. The van der Waals surface area contributed by atoms with Crippen molar-refractivity contribution in [2.24, 2.45) is 5.16 Å². The summed E-state index contributed by atoms with van der Waals surface area (Å²) in [6.45, 7) is 2.99. The lowest BCUT2D eigenvalue weighted by molar-refractivity contribution is -0.137. The Kier molecular flexibility index (Phi) is 3.95. The van der Waals surface area contributed by atoms with Gasteiger partial charge in [0.2, 0.25) is 0 Å². The number of carbonyl (C=O) groups is 1. The van der Waals surface area contributed by atoms with Gasteiger partial charge >= 0.3 is 5.97 Å². The van der Waals surface area contributed by atoms with Gasteiger partial charge in [-0.1, -0.05) is 5.16 Å². The highest BCUT2D eigenvalue weighted by Gasteiger charge is 1.95. The monoisotopic (exact) mass is 143 g/mol. The van der Waals surface area contributed by atoms with E-state index >= 15 is 0 Å². The third-order valence-electron chi connectivity index (χ3n) is 0.575. The van der Waals surface area contributed by atoms with Gasteiger partial charge in [-0.15, -0.1) is 0 Å². The summed E-state index contributed by atoms with van der Waals surface area (Å²) < 4.78 is 0. The molecule has 56 valence electrons. The second-order valence-corrected chi connectivity index (χ2v) is 1.56. The summed E-state index contributed by atoms with van der Waals surface area (Å²) in [6, 6.07) is 0. The molecule has 0 saturated carbocycles. The number of oxime groups is 1. The fourth-order valence-corrected chi connectivity index (χ4v) is 0.302. The lowest BCUT2D eigenvalue weighted by atomic mass is 10.5. The van der Waals surface area contributed by atoms with E-state index in [0.717, 1.165) is 6.08 Å². The van der Waals surface area contributed by atoms with E-state index in [1.165, 1.54) is 13.1 Å². The molecule has 10 heavy (non-hydrogen) atoms. The standard InChI is InChI=1S/C6H9NO3/c1-3-7-10-6(9)4-5(2)8/h3-4,8H,1-2H3/b5-4-,7-3+. The van der Waals surface area contributed by atoms with Crippen molar-refractivity contribution < 1.29 is 14.7 Å². The van der Waals surface area contributed by atoms with Crippen molar-refractivity contribution in [1.29, 1.82) is 0 Å². The van der Waals surface area contributed by atoms with E-state index in [0.29, 0.717) is 0 Å². The molecule has 4 heteroatoms. The van der Waals surface area contributed by atoms with Gasteiger partial charge in [0.05, 0.1) is 11.8 Å². The zero-order valence-corrected chi connectivity index (χ0v) is 5.87. The van der Waals surface area contributed by atoms with E-state index < -0.39 is 5.97 Å². The van der Waals surface area contributed by atoms with E-state index in [4.69, 9.17) is 5.11 Å². The lowest BCUT2D eigenvalue weighted by Crippen LogP contribution is -1.95. The minimum atomic E-state index is -0.682. The van der Waals surface area contributed by atoms with Crippen LogP contribution in [0.4, 0.5) is 0 Å². The Morgan fingerprint density at radius 1 is 1.70 bits per heavy atom. The molecule has 0 unspecified atom stereocenters. The number of carbonyl (C=O) groups excluding carboxylic acids is 1. The first-order chi connectivity index (χ1) is 4.66. The van der Waals surface area contributed by atoms with Gasteiger partial charge in [0.25, 0.3) is 0 Å². The zero-order chi connectivity index (χ0) is 7.98. The van der Waals surface area contributed by atoms with Crippen LogP contribution in [0, 0.1) is 0 Å². The van der Waals surface area contributed by atoms with Gasteiger partial charge in [-0.05, 0) is 13.8 Å². The first-order valence-electron chi connectivity index (χ1n) is 2.73. The number of nitrogens with zero attached hydrogens (tertiary/aromatic N) is 1. The summed E-state index contributed by atoms with van der Waals surface area (Å²) in [6.07, 6.45) is 2.27. The van der Waals surface area contributed by atoms with Crippen LogP contribution in [0.15, 0.2) is 17.0 Å².